The summed E-state index contributed by atoms with van der Waals surface area (Å²) in [5, 5.41) is 11.7. The van der Waals surface area contributed by atoms with Crippen molar-refractivity contribution in [3.05, 3.63) is 29.1 Å². The Morgan fingerprint density at radius 2 is 2.31 bits per heavy atom. The minimum atomic E-state index is -0.769. The Kier molecular flexibility index (Phi) is 3.10. The van der Waals surface area contributed by atoms with Gasteiger partial charge in [0.25, 0.3) is 0 Å². The highest BCUT2D eigenvalue weighted by atomic mass is 32.1. The van der Waals surface area contributed by atoms with E-state index in [1.807, 2.05) is 23.6 Å². The van der Waals surface area contributed by atoms with E-state index in [9.17, 15) is 4.79 Å². The third-order valence-electron chi connectivity index (χ3n) is 2.47. The van der Waals surface area contributed by atoms with E-state index in [-0.39, 0.29) is 6.42 Å². The number of carbonyl (C=O) groups is 1. The monoisotopic (exact) mass is 236 g/mol. The highest BCUT2D eigenvalue weighted by Gasteiger charge is 2.10. The van der Waals surface area contributed by atoms with E-state index < -0.39 is 5.97 Å². The van der Waals surface area contributed by atoms with E-state index in [1.165, 1.54) is 0 Å². The number of ether oxygens (including phenoxy) is 1. The van der Waals surface area contributed by atoms with Crippen molar-refractivity contribution in [3.8, 4) is 5.75 Å². The SMILES string of the molecule is COc1cccc2scc(CCC(=O)O)c12. The summed E-state index contributed by atoms with van der Waals surface area (Å²) in [4.78, 5) is 10.6. The molecule has 0 saturated heterocycles. The molecular weight excluding hydrogens is 224 g/mol. The highest BCUT2D eigenvalue weighted by molar-refractivity contribution is 7.17. The molecule has 1 heterocycles. The first-order chi connectivity index (χ1) is 7.72. The molecule has 0 aliphatic carbocycles. The third kappa shape index (κ3) is 2.02. The van der Waals surface area contributed by atoms with Gasteiger partial charge in [-0.25, -0.2) is 0 Å². The van der Waals surface area contributed by atoms with Crippen LogP contribution in [0.25, 0.3) is 10.1 Å². The van der Waals surface area contributed by atoms with Crippen LogP contribution in [0.5, 0.6) is 5.75 Å². The van der Waals surface area contributed by atoms with Gasteiger partial charge in [-0.05, 0) is 29.5 Å². The summed E-state index contributed by atoms with van der Waals surface area (Å²) in [6.45, 7) is 0. The molecule has 1 aromatic heterocycles. The van der Waals surface area contributed by atoms with Crippen molar-refractivity contribution in [2.75, 3.05) is 7.11 Å². The Balaban J connectivity index is 2.41. The van der Waals surface area contributed by atoms with Crippen molar-refractivity contribution < 1.29 is 14.6 Å². The minimum Gasteiger partial charge on any atom is -0.496 e. The average molecular weight is 236 g/mol. The Morgan fingerprint density at radius 3 is 3.00 bits per heavy atom. The Morgan fingerprint density at radius 1 is 1.50 bits per heavy atom. The summed E-state index contributed by atoms with van der Waals surface area (Å²) < 4.78 is 6.43. The van der Waals surface area contributed by atoms with E-state index in [2.05, 4.69) is 0 Å². The smallest absolute Gasteiger partial charge is 0.303 e. The van der Waals surface area contributed by atoms with Gasteiger partial charge in [-0.1, -0.05) is 6.07 Å². The second kappa shape index (κ2) is 4.53. The molecule has 0 fully saturated rings. The zero-order valence-electron chi connectivity index (χ0n) is 8.90. The number of carboxylic acids is 1. The molecule has 4 heteroatoms. The van der Waals surface area contributed by atoms with Gasteiger partial charge in [-0.15, -0.1) is 11.3 Å². The van der Waals surface area contributed by atoms with Crippen LogP contribution in [0.1, 0.15) is 12.0 Å². The summed E-state index contributed by atoms with van der Waals surface area (Å²) in [5.41, 5.74) is 1.06. The van der Waals surface area contributed by atoms with Gasteiger partial charge in [-0.2, -0.15) is 0 Å². The topological polar surface area (TPSA) is 46.5 Å². The van der Waals surface area contributed by atoms with E-state index in [4.69, 9.17) is 9.84 Å². The number of fused-ring (bicyclic) bond motifs is 1. The molecule has 0 radical (unpaired) electrons. The van der Waals surface area contributed by atoms with E-state index in [1.54, 1.807) is 18.4 Å². The first kappa shape index (κ1) is 11.0. The van der Waals surface area contributed by atoms with Crippen LogP contribution in [0, 0.1) is 0 Å². The van der Waals surface area contributed by atoms with Crippen molar-refractivity contribution in [3.63, 3.8) is 0 Å². The maximum absolute atomic E-state index is 10.6. The average Bonchev–Trinajstić information content (AvgIpc) is 2.69. The third-order valence-corrected chi connectivity index (χ3v) is 3.46. The summed E-state index contributed by atoms with van der Waals surface area (Å²) in [7, 11) is 1.63. The molecular formula is C12H12O3S. The van der Waals surface area contributed by atoms with Crippen molar-refractivity contribution in [2.24, 2.45) is 0 Å². The minimum absolute atomic E-state index is 0.157. The molecule has 0 aliphatic heterocycles. The number of hydrogen-bond acceptors (Lipinski definition) is 3. The van der Waals surface area contributed by atoms with Gasteiger partial charge < -0.3 is 9.84 Å². The van der Waals surface area contributed by atoms with Crippen molar-refractivity contribution in [2.45, 2.75) is 12.8 Å². The predicted molar refractivity (Wildman–Crippen MR) is 64.3 cm³/mol. The fourth-order valence-corrected chi connectivity index (χ4v) is 2.73. The first-order valence-electron chi connectivity index (χ1n) is 4.97. The summed E-state index contributed by atoms with van der Waals surface area (Å²) in [6, 6.07) is 5.87. The van der Waals surface area contributed by atoms with Crippen LogP contribution in [-0.4, -0.2) is 18.2 Å². The maximum Gasteiger partial charge on any atom is 0.303 e. The lowest BCUT2D eigenvalue weighted by Crippen LogP contribution is -1.97. The van der Waals surface area contributed by atoms with Crippen LogP contribution < -0.4 is 4.74 Å². The predicted octanol–water partition coefficient (Wildman–Crippen LogP) is 2.93. The molecule has 0 atom stereocenters. The molecule has 2 rings (SSSR count). The second-order valence-corrected chi connectivity index (χ2v) is 4.40. The molecule has 0 unspecified atom stereocenters. The molecule has 84 valence electrons. The van der Waals surface area contributed by atoms with Gasteiger partial charge in [0.2, 0.25) is 0 Å². The first-order valence-corrected chi connectivity index (χ1v) is 5.85. The molecule has 0 saturated carbocycles. The Hall–Kier alpha value is -1.55. The van der Waals surface area contributed by atoms with Crippen molar-refractivity contribution in [1.29, 1.82) is 0 Å². The van der Waals surface area contributed by atoms with Crippen LogP contribution in [0.4, 0.5) is 0 Å². The molecule has 1 aromatic carbocycles. The number of aryl methyl sites for hydroxylation is 1. The number of rotatable bonds is 4. The lowest BCUT2D eigenvalue weighted by molar-refractivity contribution is -0.136. The number of methoxy groups -OCH3 is 1. The van der Waals surface area contributed by atoms with E-state index in [0.29, 0.717) is 6.42 Å². The van der Waals surface area contributed by atoms with Crippen LogP contribution >= 0.6 is 11.3 Å². The van der Waals surface area contributed by atoms with Gasteiger partial charge in [0.1, 0.15) is 5.75 Å². The molecule has 0 amide bonds. The van der Waals surface area contributed by atoms with Gasteiger partial charge in [0.05, 0.1) is 7.11 Å². The summed E-state index contributed by atoms with van der Waals surface area (Å²) in [5.74, 6) is 0.0494. The van der Waals surface area contributed by atoms with Gasteiger partial charge in [0, 0.05) is 16.5 Å². The molecule has 0 spiro atoms. The lowest BCUT2D eigenvalue weighted by atomic mass is 10.1. The van der Waals surface area contributed by atoms with Crippen molar-refractivity contribution >= 4 is 27.4 Å². The number of carboxylic acid groups (broad SMARTS) is 1. The second-order valence-electron chi connectivity index (χ2n) is 3.49. The lowest BCUT2D eigenvalue weighted by Gasteiger charge is -2.03. The zero-order chi connectivity index (χ0) is 11.5. The van der Waals surface area contributed by atoms with E-state index in [0.717, 1.165) is 21.4 Å². The highest BCUT2D eigenvalue weighted by Crippen LogP contribution is 2.34. The molecule has 16 heavy (non-hydrogen) atoms. The van der Waals surface area contributed by atoms with Gasteiger partial charge >= 0.3 is 5.97 Å². The maximum atomic E-state index is 10.6. The Bertz CT molecular complexity index is 516. The number of aliphatic carboxylic acids is 1. The molecule has 0 aliphatic rings. The fourth-order valence-electron chi connectivity index (χ4n) is 1.71. The molecule has 1 N–H and O–H groups in total. The Labute approximate surface area is 97.3 Å². The van der Waals surface area contributed by atoms with E-state index >= 15 is 0 Å². The van der Waals surface area contributed by atoms with Crippen LogP contribution in [-0.2, 0) is 11.2 Å². The largest absolute Gasteiger partial charge is 0.496 e. The van der Waals surface area contributed by atoms with Crippen molar-refractivity contribution in [1.82, 2.24) is 0 Å². The zero-order valence-corrected chi connectivity index (χ0v) is 9.71. The van der Waals surface area contributed by atoms with Crippen LogP contribution in [0.3, 0.4) is 0 Å². The molecule has 0 bridgehead atoms. The molecule has 2 aromatic rings. The summed E-state index contributed by atoms with van der Waals surface area (Å²) >= 11 is 1.62. The van der Waals surface area contributed by atoms with Gasteiger partial charge in [-0.3, -0.25) is 4.79 Å². The number of thiophene rings is 1. The van der Waals surface area contributed by atoms with Crippen LogP contribution in [0.15, 0.2) is 23.6 Å². The number of benzene rings is 1. The fraction of sp³-hybridized carbons (Fsp3) is 0.250. The van der Waals surface area contributed by atoms with Gasteiger partial charge in [0.15, 0.2) is 0 Å². The normalized spacial score (nSPS) is 10.6. The van der Waals surface area contributed by atoms with Crippen LogP contribution in [0.2, 0.25) is 0 Å². The molecule has 3 nitrogen and oxygen atoms in total. The summed E-state index contributed by atoms with van der Waals surface area (Å²) in [6.07, 6.45) is 0.708. The standard InChI is InChI=1S/C12H12O3S/c1-15-9-3-2-4-10-12(9)8(7-16-10)5-6-11(13)14/h2-4,7H,5-6H2,1H3,(H,13,14). The quantitative estimate of drug-likeness (QED) is 0.887. The number of hydrogen-bond donors (Lipinski definition) is 1.